The average molecular weight is 456 g/mol. The highest BCUT2D eigenvalue weighted by molar-refractivity contribution is 6.04. The first kappa shape index (κ1) is 24.0. The van der Waals surface area contributed by atoms with Gasteiger partial charge >= 0.3 is 6.03 Å². The van der Waals surface area contributed by atoms with Crippen molar-refractivity contribution in [2.75, 3.05) is 48.9 Å². The number of nitrogens with zero attached hydrogens (tertiary/aromatic N) is 2. The van der Waals surface area contributed by atoms with Crippen molar-refractivity contribution in [1.82, 2.24) is 5.32 Å². The van der Waals surface area contributed by atoms with Gasteiger partial charge in [0.25, 0.3) is 11.6 Å². The molecule has 176 valence electrons. The summed E-state index contributed by atoms with van der Waals surface area (Å²) in [4.78, 5) is 37.8. The summed E-state index contributed by atoms with van der Waals surface area (Å²) in [5.74, 6) is 0.421. The van der Waals surface area contributed by atoms with Gasteiger partial charge in [0.1, 0.15) is 0 Å². The molecule has 1 saturated heterocycles. The van der Waals surface area contributed by atoms with Crippen LogP contribution in [0.2, 0.25) is 0 Å². The normalized spacial score (nSPS) is 13.9. The van der Waals surface area contributed by atoms with E-state index in [0.29, 0.717) is 36.0 Å². The summed E-state index contributed by atoms with van der Waals surface area (Å²) in [5.41, 5.74) is 2.12. The second-order valence-corrected chi connectivity index (χ2v) is 8.03. The number of hydrogen-bond acceptors (Lipinski definition) is 6. The zero-order chi connectivity index (χ0) is 23.8. The molecular weight excluding hydrogens is 426 g/mol. The molecule has 1 aliphatic rings. The number of nitro groups is 1. The molecule has 0 aliphatic carbocycles. The van der Waals surface area contributed by atoms with E-state index in [2.05, 4.69) is 27.8 Å². The number of nitrogens with one attached hydrogen (secondary N) is 3. The van der Waals surface area contributed by atoms with Crippen LogP contribution in [0.3, 0.4) is 0 Å². The molecule has 0 aromatic heterocycles. The lowest BCUT2D eigenvalue weighted by atomic mass is 9.98. The largest absolute Gasteiger partial charge is 0.383 e. The number of non-ortho nitro benzene ring substituents is 1. The maximum absolute atomic E-state index is 12.9. The van der Waals surface area contributed by atoms with Gasteiger partial charge in [-0.15, -0.1) is 0 Å². The number of anilines is 3. The first-order chi connectivity index (χ1) is 15.9. The van der Waals surface area contributed by atoms with Crippen LogP contribution in [-0.4, -0.2) is 50.2 Å². The predicted molar refractivity (Wildman–Crippen MR) is 127 cm³/mol. The third-order valence-corrected chi connectivity index (χ3v) is 5.55. The summed E-state index contributed by atoms with van der Waals surface area (Å²) in [6.45, 7) is 4.74. The van der Waals surface area contributed by atoms with E-state index in [-0.39, 0.29) is 11.6 Å². The number of benzene rings is 2. The van der Waals surface area contributed by atoms with E-state index in [0.717, 1.165) is 31.6 Å². The molecule has 3 amide bonds. The molecule has 0 spiro atoms. The number of carbonyl (C=O) groups excluding carboxylic acids is 2. The van der Waals surface area contributed by atoms with E-state index in [1.54, 1.807) is 19.2 Å². The molecule has 10 heteroatoms. The number of urea groups is 1. The number of carbonyl (C=O) groups is 2. The van der Waals surface area contributed by atoms with Crippen molar-refractivity contribution in [2.24, 2.45) is 5.92 Å². The van der Waals surface area contributed by atoms with Gasteiger partial charge in [-0.2, -0.15) is 0 Å². The Labute approximate surface area is 192 Å². The highest BCUT2D eigenvalue weighted by atomic mass is 16.6. The Morgan fingerprint density at radius 1 is 1.09 bits per heavy atom. The van der Waals surface area contributed by atoms with Gasteiger partial charge in [0.2, 0.25) is 0 Å². The quantitative estimate of drug-likeness (QED) is 0.315. The Hall–Kier alpha value is -3.66. The molecule has 0 saturated carbocycles. The van der Waals surface area contributed by atoms with Gasteiger partial charge in [0.05, 0.1) is 17.1 Å². The van der Waals surface area contributed by atoms with E-state index in [1.807, 2.05) is 6.07 Å². The second-order valence-electron chi connectivity index (χ2n) is 8.03. The first-order valence-corrected chi connectivity index (χ1v) is 10.9. The molecule has 1 heterocycles. The molecule has 1 aliphatic heterocycles. The van der Waals surface area contributed by atoms with Crippen molar-refractivity contribution in [3.63, 3.8) is 0 Å². The van der Waals surface area contributed by atoms with Crippen LogP contribution in [0, 0.1) is 16.0 Å². The first-order valence-electron chi connectivity index (χ1n) is 10.9. The molecule has 1 fully saturated rings. The van der Waals surface area contributed by atoms with Crippen LogP contribution >= 0.6 is 0 Å². The number of hydrogen-bond donors (Lipinski definition) is 3. The van der Waals surface area contributed by atoms with E-state index in [1.165, 1.54) is 24.3 Å². The number of nitro benzene ring substituents is 1. The molecule has 2 aromatic carbocycles. The zero-order valence-corrected chi connectivity index (χ0v) is 18.8. The molecule has 3 rings (SSSR count). The Morgan fingerprint density at radius 2 is 1.73 bits per heavy atom. The third-order valence-electron chi connectivity index (χ3n) is 5.55. The number of methoxy groups -OCH3 is 1. The Balaban J connectivity index is 1.74. The molecule has 0 radical (unpaired) electrons. The number of piperidine rings is 1. The van der Waals surface area contributed by atoms with Crippen molar-refractivity contribution in [1.29, 1.82) is 0 Å². The van der Waals surface area contributed by atoms with Gasteiger partial charge in [0.15, 0.2) is 0 Å². The van der Waals surface area contributed by atoms with Crippen LogP contribution in [0.25, 0.3) is 0 Å². The number of rotatable bonds is 8. The predicted octanol–water partition coefficient (Wildman–Crippen LogP) is 3.85. The van der Waals surface area contributed by atoms with Gasteiger partial charge < -0.3 is 25.6 Å². The van der Waals surface area contributed by atoms with E-state index in [9.17, 15) is 19.7 Å². The second kappa shape index (κ2) is 11.3. The molecule has 0 bridgehead atoms. The van der Waals surface area contributed by atoms with Gasteiger partial charge in [-0.05, 0) is 49.1 Å². The maximum atomic E-state index is 12.9. The van der Waals surface area contributed by atoms with Crippen molar-refractivity contribution in [3.8, 4) is 0 Å². The monoisotopic (exact) mass is 455 g/mol. The fraction of sp³-hybridized carbons (Fsp3) is 0.391. The van der Waals surface area contributed by atoms with E-state index < -0.39 is 11.0 Å². The average Bonchev–Trinajstić information content (AvgIpc) is 2.80. The minimum Gasteiger partial charge on any atom is -0.383 e. The Morgan fingerprint density at radius 3 is 2.36 bits per heavy atom. The molecule has 2 aromatic rings. The zero-order valence-electron chi connectivity index (χ0n) is 18.8. The summed E-state index contributed by atoms with van der Waals surface area (Å²) < 4.78 is 5.01. The molecule has 3 N–H and O–H groups in total. The number of amides is 3. The standard InChI is InChI=1S/C23H29N5O5/c1-16-9-12-27(13-10-16)21-8-5-18(15-20(21)22(29)24-11-14-33-2)26-23(30)25-17-3-6-19(7-4-17)28(31)32/h3-8,15-16H,9-14H2,1-2H3,(H,24,29)(H2,25,26,30). The SMILES string of the molecule is COCCNC(=O)c1cc(NC(=O)Nc2ccc([N+](=O)[O-])cc2)ccc1N1CCC(C)CC1. The summed E-state index contributed by atoms with van der Waals surface area (Å²) in [5, 5.41) is 19.0. The smallest absolute Gasteiger partial charge is 0.323 e. The number of ether oxygens (including phenoxy) is 1. The maximum Gasteiger partial charge on any atom is 0.323 e. The topological polar surface area (TPSA) is 126 Å². The van der Waals surface area contributed by atoms with Crippen LogP contribution in [0.5, 0.6) is 0 Å². The minimum atomic E-state index is -0.519. The van der Waals surface area contributed by atoms with Gasteiger partial charge in [-0.1, -0.05) is 6.92 Å². The lowest BCUT2D eigenvalue weighted by Crippen LogP contribution is -2.35. The van der Waals surface area contributed by atoms with E-state index >= 15 is 0 Å². The molecule has 0 unspecified atom stereocenters. The van der Waals surface area contributed by atoms with Gasteiger partial charge in [0, 0.05) is 55.9 Å². The van der Waals surface area contributed by atoms with Crippen molar-refractivity contribution < 1.29 is 19.2 Å². The van der Waals surface area contributed by atoms with E-state index in [4.69, 9.17) is 4.74 Å². The Kier molecular flexibility index (Phi) is 8.20. The Bertz CT molecular complexity index is 987. The van der Waals surface area contributed by atoms with Crippen LogP contribution in [0.1, 0.15) is 30.1 Å². The van der Waals surface area contributed by atoms with Gasteiger partial charge in [-0.25, -0.2) is 4.79 Å². The molecular formula is C23H29N5O5. The van der Waals surface area contributed by atoms with Crippen molar-refractivity contribution in [3.05, 3.63) is 58.1 Å². The third kappa shape index (κ3) is 6.66. The van der Waals surface area contributed by atoms with Crippen LogP contribution in [-0.2, 0) is 4.74 Å². The summed E-state index contributed by atoms with van der Waals surface area (Å²) >= 11 is 0. The molecule has 10 nitrogen and oxygen atoms in total. The molecule has 0 atom stereocenters. The van der Waals surface area contributed by atoms with Crippen LogP contribution < -0.4 is 20.9 Å². The lowest BCUT2D eigenvalue weighted by molar-refractivity contribution is -0.384. The van der Waals surface area contributed by atoms with Gasteiger partial charge in [-0.3, -0.25) is 14.9 Å². The lowest BCUT2D eigenvalue weighted by Gasteiger charge is -2.33. The fourth-order valence-corrected chi connectivity index (χ4v) is 3.64. The highest BCUT2D eigenvalue weighted by Gasteiger charge is 2.22. The molecule has 33 heavy (non-hydrogen) atoms. The van der Waals surface area contributed by atoms with Crippen LogP contribution in [0.4, 0.5) is 27.5 Å². The van der Waals surface area contributed by atoms with Crippen molar-refractivity contribution in [2.45, 2.75) is 19.8 Å². The van der Waals surface area contributed by atoms with Crippen molar-refractivity contribution >= 4 is 34.7 Å². The summed E-state index contributed by atoms with van der Waals surface area (Å²) in [6, 6.07) is 10.3. The minimum absolute atomic E-state index is 0.0622. The summed E-state index contributed by atoms with van der Waals surface area (Å²) in [7, 11) is 1.57. The fourth-order valence-electron chi connectivity index (χ4n) is 3.64. The summed E-state index contributed by atoms with van der Waals surface area (Å²) in [6.07, 6.45) is 2.12. The van der Waals surface area contributed by atoms with Crippen LogP contribution in [0.15, 0.2) is 42.5 Å². The highest BCUT2D eigenvalue weighted by Crippen LogP contribution is 2.29.